The van der Waals surface area contributed by atoms with Crippen LogP contribution in [0.3, 0.4) is 0 Å². The van der Waals surface area contributed by atoms with Gasteiger partial charge in [0.05, 0.1) is 6.61 Å². The number of hydrogen-bond donors (Lipinski definition) is 0. The van der Waals surface area contributed by atoms with Crippen LogP contribution in [0.4, 0.5) is 0 Å². The van der Waals surface area contributed by atoms with Crippen molar-refractivity contribution in [3.05, 3.63) is 36.5 Å². The Bertz CT molecular complexity index is 924. The van der Waals surface area contributed by atoms with Crippen LogP contribution in [-0.4, -0.2) is 37.9 Å². The van der Waals surface area contributed by atoms with Gasteiger partial charge in [0.25, 0.3) is 0 Å². The van der Waals surface area contributed by atoms with E-state index in [9.17, 15) is 9.59 Å². The first-order valence-corrected chi connectivity index (χ1v) is 25.5. The summed E-state index contributed by atoms with van der Waals surface area (Å²) in [5.74, 6) is -0.405. The minimum Gasteiger partial charge on any atom is -0.462 e. The molecule has 5 nitrogen and oxygen atoms in total. The van der Waals surface area contributed by atoms with Crippen molar-refractivity contribution in [3.63, 3.8) is 0 Å². The minimum absolute atomic E-state index is 0.0828. The molecule has 58 heavy (non-hydrogen) atoms. The average molecular weight is 815 g/mol. The molecular formula is C53H98O5. The molecule has 0 aliphatic rings. The second-order valence-corrected chi connectivity index (χ2v) is 17.1. The largest absolute Gasteiger partial charge is 0.462 e. The van der Waals surface area contributed by atoms with E-state index < -0.39 is 6.10 Å². The van der Waals surface area contributed by atoms with E-state index in [2.05, 4.69) is 57.2 Å². The molecule has 0 fully saturated rings. The fraction of sp³-hybridized carbons (Fsp3) is 0.849. The molecule has 0 aliphatic carbocycles. The van der Waals surface area contributed by atoms with Crippen LogP contribution in [0.5, 0.6) is 0 Å². The van der Waals surface area contributed by atoms with E-state index in [1.807, 2.05) is 0 Å². The van der Waals surface area contributed by atoms with Crippen molar-refractivity contribution < 1.29 is 23.8 Å². The molecule has 0 saturated heterocycles. The summed E-state index contributed by atoms with van der Waals surface area (Å²) in [5, 5.41) is 0. The number of carbonyl (C=O) groups is 2. The van der Waals surface area contributed by atoms with Gasteiger partial charge in [0.15, 0.2) is 6.10 Å². The number of rotatable bonds is 47. The van der Waals surface area contributed by atoms with Gasteiger partial charge in [-0.15, -0.1) is 0 Å². The SMILES string of the molecule is CCC/C=C\C/C=C\CCCCCCCC(=O)OC(COCCCCCCCCCCCC)COC(=O)CCCCCCCCCCC/C=C\CCCCCCCC. The van der Waals surface area contributed by atoms with E-state index in [0.29, 0.717) is 19.4 Å². The van der Waals surface area contributed by atoms with Crippen molar-refractivity contribution in [2.24, 2.45) is 0 Å². The number of ether oxygens (including phenoxy) is 3. The van der Waals surface area contributed by atoms with Crippen molar-refractivity contribution in [2.75, 3.05) is 19.8 Å². The van der Waals surface area contributed by atoms with Crippen LogP contribution >= 0.6 is 0 Å². The Labute approximate surface area is 361 Å². The summed E-state index contributed by atoms with van der Waals surface area (Å²) < 4.78 is 17.4. The molecule has 340 valence electrons. The molecule has 0 spiro atoms. The van der Waals surface area contributed by atoms with Crippen molar-refractivity contribution in [1.82, 2.24) is 0 Å². The lowest BCUT2D eigenvalue weighted by Crippen LogP contribution is -2.30. The first-order chi connectivity index (χ1) is 28.6. The van der Waals surface area contributed by atoms with Gasteiger partial charge < -0.3 is 14.2 Å². The zero-order valence-electron chi connectivity index (χ0n) is 39.1. The van der Waals surface area contributed by atoms with Crippen molar-refractivity contribution >= 4 is 11.9 Å². The Kier molecular flexibility index (Phi) is 47.9. The molecule has 0 bridgehead atoms. The highest BCUT2D eigenvalue weighted by Crippen LogP contribution is 2.15. The van der Waals surface area contributed by atoms with E-state index in [-0.39, 0.29) is 25.2 Å². The summed E-state index contributed by atoms with van der Waals surface area (Å²) in [7, 11) is 0. The van der Waals surface area contributed by atoms with Gasteiger partial charge >= 0.3 is 11.9 Å². The Morgan fingerprint density at radius 3 is 1.22 bits per heavy atom. The molecule has 1 unspecified atom stereocenters. The van der Waals surface area contributed by atoms with Crippen LogP contribution in [0.25, 0.3) is 0 Å². The lowest BCUT2D eigenvalue weighted by atomic mass is 10.1. The summed E-state index contributed by atoms with van der Waals surface area (Å²) >= 11 is 0. The van der Waals surface area contributed by atoms with Crippen LogP contribution in [0.1, 0.15) is 265 Å². The normalized spacial score (nSPS) is 12.4. The highest BCUT2D eigenvalue weighted by molar-refractivity contribution is 5.70. The molecule has 0 heterocycles. The van der Waals surface area contributed by atoms with Gasteiger partial charge in [0, 0.05) is 19.4 Å². The van der Waals surface area contributed by atoms with Crippen LogP contribution in [0.2, 0.25) is 0 Å². The monoisotopic (exact) mass is 815 g/mol. The number of unbranched alkanes of at least 4 members (excludes halogenated alkanes) is 30. The maximum atomic E-state index is 12.7. The topological polar surface area (TPSA) is 61.8 Å². The maximum absolute atomic E-state index is 12.7. The molecule has 5 heteroatoms. The molecule has 0 aromatic heterocycles. The molecule has 1 atom stereocenters. The molecular weight excluding hydrogens is 717 g/mol. The Morgan fingerprint density at radius 1 is 0.379 bits per heavy atom. The zero-order chi connectivity index (χ0) is 42.1. The van der Waals surface area contributed by atoms with Crippen molar-refractivity contribution in [2.45, 2.75) is 271 Å². The fourth-order valence-electron chi connectivity index (χ4n) is 7.31. The van der Waals surface area contributed by atoms with E-state index in [4.69, 9.17) is 14.2 Å². The molecule has 0 rings (SSSR count). The number of allylic oxidation sites excluding steroid dienone is 6. The number of hydrogen-bond acceptors (Lipinski definition) is 5. The third-order valence-corrected chi connectivity index (χ3v) is 11.1. The van der Waals surface area contributed by atoms with Gasteiger partial charge in [0.2, 0.25) is 0 Å². The second-order valence-electron chi connectivity index (χ2n) is 17.1. The van der Waals surface area contributed by atoms with Gasteiger partial charge in [-0.1, -0.05) is 218 Å². The molecule has 0 N–H and O–H groups in total. The van der Waals surface area contributed by atoms with E-state index in [0.717, 1.165) is 51.4 Å². The molecule has 0 aromatic rings. The highest BCUT2D eigenvalue weighted by atomic mass is 16.6. The van der Waals surface area contributed by atoms with Crippen LogP contribution in [-0.2, 0) is 23.8 Å². The summed E-state index contributed by atoms with van der Waals surface area (Å²) in [6.07, 6.45) is 58.6. The third-order valence-electron chi connectivity index (χ3n) is 11.1. The molecule has 0 aliphatic heterocycles. The number of esters is 2. The third kappa shape index (κ3) is 46.8. The predicted molar refractivity (Wildman–Crippen MR) is 252 cm³/mol. The first kappa shape index (κ1) is 56.1. The number of carbonyl (C=O) groups excluding carboxylic acids is 2. The Hall–Kier alpha value is -1.88. The zero-order valence-corrected chi connectivity index (χ0v) is 39.1. The molecule has 0 amide bonds. The quantitative estimate of drug-likeness (QED) is 0.0348. The van der Waals surface area contributed by atoms with Crippen LogP contribution in [0.15, 0.2) is 36.5 Å². The lowest BCUT2D eigenvalue weighted by Gasteiger charge is -2.18. The van der Waals surface area contributed by atoms with Crippen LogP contribution in [0, 0.1) is 0 Å². The summed E-state index contributed by atoms with van der Waals surface area (Å²) in [5.41, 5.74) is 0. The van der Waals surface area contributed by atoms with Gasteiger partial charge in [-0.3, -0.25) is 9.59 Å². The van der Waals surface area contributed by atoms with E-state index >= 15 is 0 Å². The van der Waals surface area contributed by atoms with Gasteiger partial charge in [-0.05, 0) is 70.6 Å². The van der Waals surface area contributed by atoms with E-state index in [1.54, 1.807) is 0 Å². The Balaban J connectivity index is 4.17. The second kappa shape index (κ2) is 49.5. The predicted octanol–water partition coefficient (Wildman–Crippen LogP) is 17.0. The van der Waals surface area contributed by atoms with Gasteiger partial charge in [0.1, 0.15) is 6.61 Å². The molecule has 0 radical (unpaired) electrons. The molecule has 0 saturated carbocycles. The van der Waals surface area contributed by atoms with E-state index in [1.165, 1.54) is 180 Å². The maximum Gasteiger partial charge on any atom is 0.306 e. The average Bonchev–Trinajstić information content (AvgIpc) is 3.22. The lowest BCUT2D eigenvalue weighted by molar-refractivity contribution is -0.163. The smallest absolute Gasteiger partial charge is 0.306 e. The van der Waals surface area contributed by atoms with Gasteiger partial charge in [-0.2, -0.15) is 0 Å². The van der Waals surface area contributed by atoms with Crippen molar-refractivity contribution in [1.29, 1.82) is 0 Å². The highest BCUT2D eigenvalue weighted by Gasteiger charge is 2.17. The molecule has 0 aromatic carbocycles. The minimum atomic E-state index is -0.538. The fourth-order valence-corrected chi connectivity index (χ4v) is 7.31. The van der Waals surface area contributed by atoms with Crippen LogP contribution < -0.4 is 0 Å². The van der Waals surface area contributed by atoms with Gasteiger partial charge in [-0.25, -0.2) is 0 Å². The Morgan fingerprint density at radius 2 is 0.759 bits per heavy atom. The first-order valence-electron chi connectivity index (χ1n) is 25.5. The summed E-state index contributed by atoms with van der Waals surface area (Å²) in [4.78, 5) is 25.3. The summed E-state index contributed by atoms with van der Waals surface area (Å²) in [6.45, 7) is 7.77. The van der Waals surface area contributed by atoms with Crippen molar-refractivity contribution in [3.8, 4) is 0 Å². The summed E-state index contributed by atoms with van der Waals surface area (Å²) in [6, 6.07) is 0. The standard InChI is InChI=1S/C53H98O5/c1-4-7-10-13-16-19-22-24-25-26-27-28-29-31-32-34-37-40-43-46-52(54)57-50-51(49-56-48-45-42-39-36-21-18-15-12-9-6-3)58-53(55)47-44-41-38-35-33-30-23-20-17-14-11-8-5-2/h11,14,20,23-25,51H,4-10,12-13,15-19,21-22,26-50H2,1-3H3/b14-11-,23-20-,25-24-.